The van der Waals surface area contributed by atoms with Gasteiger partial charge in [-0.15, -0.1) is 24.8 Å². The molecule has 1 aromatic rings. The van der Waals surface area contributed by atoms with E-state index in [4.69, 9.17) is 5.73 Å². The normalized spacial score (nSPS) is 9.24. The Labute approximate surface area is 140 Å². The Hall–Kier alpha value is -0.970. The fourth-order valence-corrected chi connectivity index (χ4v) is 1.96. The molecule has 0 aliphatic carbocycles. The molecule has 0 aliphatic heterocycles. The van der Waals surface area contributed by atoms with Crippen molar-refractivity contribution in [3.05, 3.63) is 30.3 Å². The standard InChI is InChI=1S/C15H25N3O.2ClH/c1-2-18(14-8-4-3-5-9-14)13-7-12-17-15(19)10-6-11-16;;/h3-5,8-9H,2,6-7,10-13,16H2,1H3,(H,17,19);2*1H. The number of hydrogen-bond acceptors (Lipinski definition) is 3. The first-order chi connectivity index (χ1) is 9.27. The Bertz CT molecular complexity index is 363. The van der Waals surface area contributed by atoms with Crippen LogP contribution in [0, 0.1) is 0 Å². The van der Waals surface area contributed by atoms with E-state index in [1.54, 1.807) is 0 Å². The molecule has 4 nitrogen and oxygen atoms in total. The highest BCUT2D eigenvalue weighted by molar-refractivity contribution is 5.85. The first-order valence-electron chi connectivity index (χ1n) is 7.04. The number of nitrogens with one attached hydrogen (secondary N) is 1. The van der Waals surface area contributed by atoms with Gasteiger partial charge in [0.1, 0.15) is 0 Å². The number of para-hydroxylation sites is 1. The van der Waals surface area contributed by atoms with Crippen LogP contribution in [-0.4, -0.2) is 32.1 Å². The predicted octanol–water partition coefficient (Wildman–Crippen LogP) is 2.60. The van der Waals surface area contributed by atoms with Gasteiger partial charge in [0.25, 0.3) is 0 Å². The summed E-state index contributed by atoms with van der Waals surface area (Å²) >= 11 is 0. The summed E-state index contributed by atoms with van der Waals surface area (Å²) in [4.78, 5) is 13.7. The molecule has 0 saturated carbocycles. The van der Waals surface area contributed by atoms with Gasteiger partial charge < -0.3 is 16.0 Å². The van der Waals surface area contributed by atoms with Gasteiger partial charge in [-0.1, -0.05) is 18.2 Å². The molecule has 0 unspecified atom stereocenters. The van der Waals surface area contributed by atoms with E-state index in [2.05, 4.69) is 29.3 Å². The molecule has 122 valence electrons. The molecule has 0 aliphatic rings. The Kier molecular flexibility index (Phi) is 14.9. The molecule has 0 saturated heterocycles. The molecule has 1 aromatic carbocycles. The zero-order chi connectivity index (χ0) is 13.9. The number of anilines is 1. The first kappa shape index (κ1) is 22.3. The number of nitrogens with zero attached hydrogens (tertiary/aromatic N) is 1. The van der Waals surface area contributed by atoms with E-state index in [0.717, 1.165) is 32.5 Å². The van der Waals surface area contributed by atoms with Crippen LogP contribution in [0.3, 0.4) is 0 Å². The summed E-state index contributed by atoms with van der Waals surface area (Å²) in [7, 11) is 0. The zero-order valence-electron chi connectivity index (χ0n) is 12.6. The SMILES string of the molecule is CCN(CCCNC(=O)CCCN)c1ccccc1.Cl.Cl. The lowest BCUT2D eigenvalue weighted by molar-refractivity contribution is -0.121. The lowest BCUT2D eigenvalue weighted by Crippen LogP contribution is -2.30. The van der Waals surface area contributed by atoms with Crippen LogP contribution in [0.2, 0.25) is 0 Å². The maximum atomic E-state index is 11.4. The van der Waals surface area contributed by atoms with Crippen molar-refractivity contribution in [3.8, 4) is 0 Å². The molecule has 1 rings (SSSR count). The summed E-state index contributed by atoms with van der Waals surface area (Å²) < 4.78 is 0. The molecule has 0 aromatic heterocycles. The van der Waals surface area contributed by atoms with Crippen LogP contribution in [0.5, 0.6) is 0 Å². The number of carbonyl (C=O) groups is 1. The smallest absolute Gasteiger partial charge is 0.220 e. The molecule has 6 heteroatoms. The summed E-state index contributed by atoms with van der Waals surface area (Å²) in [5.74, 6) is 0.105. The summed E-state index contributed by atoms with van der Waals surface area (Å²) in [6.45, 7) is 5.38. The summed E-state index contributed by atoms with van der Waals surface area (Å²) in [6, 6.07) is 10.3. The van der Waals surface area contributed by atoms with Gasteiger partial charge in [0.2, 0.25) is 5.91 Å². The van der Waals surface area contributed by atoms with Gasteiger partial charge in [-0.3, -0.25) is 4.79 Å². The molecular weight excluding hydrogens is 309 g/mol. The van der Waals surface area contributed by atoms with Gasteiger partial charge in [-0.05, 0) is 38.4 Å². The van der Waals surface area contributed by atoms with Crippen LogP contribution in [0.25, 0.3) is 0 Å². The third kappa shape index (κ3) is 9.56. The molecule has 0 heterocycles. The molecule has 0 bridgehead atoms. The number of rotatable bonds is 9. The molecule has 0 fully saturated rings. The van der Waals surface area contributed by atoms with Crippen molar-refractivity contribution >= 4 is 36.4 Å². The second kappa shape index (κ2) is 14.0. The van der Waals surface area contributed by atoms with Crippen LogP contribution in [0.15, 0.2) is 30.3 Å². The van der Waals surface area contributed by atoms with Gasteiger partial charge in [0, 0.05) is 31.7 Å². The topological polar surface area (TPSA) is 58.4 Å². The first-order valence-corrected chi connectivity index (χ1v) is 7.04. The Morgan fingerprint density at radius 3 is 2.43 bits per heavy atom. The number of amides is 1. The minimum Gasteiger partial charge on any atom is -0.372 e. The van der Waals surface area contributed by atoms with Gasteiger partial charge in [0.05, 0.1) is 0 Å². The second-order valence-electron chi connectivity index (χ2n) is 4.51. The van der Waals surface area contributed by atoms with Crippen molar-refractivity contribution in [2.45, 2.75) is 26.2 Å². The minimum atomic E-state index is 0. The van der Waals surface area contributed by atoms with Crippen LogP contribution >= 0.6 is 24.8 Å². The van der Waals surface area contributed by atoms with Crippen molar-refractivity contribution in [2.24, 2.45) is 5.73 Å². The van der Waals surface area contributed by atoms with E-state index < -0.39 is 0 Å². The van der Waals surface area contributed by atoms with Crippen molar-refractivity contribution < 1.29 is 4.79 Å². The number of halogens is 2. The largest absolute Gasteiger partial charge is 0.372 e. The Morgan fingerprint density at radius 2 is 1.86 bits per heavy atom. The molecule has 3 N–H and O–H groups in total. The molecule has 21 heavy (non-hydrogen) atoms. The molecule has 1 amide bonds. The van der Waals surface area contributed by atoms with Crippen LogP contribution in [0.4, 0.5) is 5.69 Å². The van der Waals surface area contributed by atoms with E-state index in [-0.39, 0.29) is 30.7 Å². The van der Waals surface area contributed by atoms with E-state index in [9.17, 15) is 4.79 Å². The Balaban J connectivity index is 0. The third-order valence-electron chi connectivity index (χ3n) is 3.04. The van der Waals surface area contributed by atoms with Crippen LogP contribution in [0.1, 0.15) is 26.2 Å². The fraction of sp³-hybridized carbons (Fsp3) is 0.533. The number of carbonyl (C=O) groups excluding carboxylic acids is 1. The summed E-state index contributed by atoms with van der Waals surface area (Å²) in [5.41, 5.74) is 6.60. The summed E-state index contributed by atoms with van der Waals surface area (Å²) in [6.07, 6.45) is 2.25. The van der Waals surface area contributed by atoms with Gasteiger partial charge in [-0.25, -0.2) is 0 Å². The van der Waals surface area contributed by atoms with E-state index in [1.165, 1.54) is 5.69 Å². The van der Waals surface area contributed by atoms with E-state index in [1.807, 2.05) is 18.2 Å². The van der Waals surface area contributed by atoms with Crippen LogP contribution < -0.4 is 16.0 Å². The molecular formula is C15H27Cl2N3O. The molecule has 0 atom stereocenters. The van der Waals surface area contributed by atoms with E-state index in [0.29, 0.717) is 13.0 Å². The fourth-order valence-electron chi connectivity index (χ4n) is 1.96. The average Bonchev–Trinajstić information content (AvgIpc) is 2.46. The number of nitrogens with two attached hydrogens (primary N) is 1. The van der Waals surface area contributed by atoms with E-state index >= 15 is 0 Å². The number of benzene rings is 1. The van der Waals surface area contributed by atoms with Crippen molar-refractivity contribution in [1.29, 1.82) is 0 Å². The molecule has 0 spiro atoms. The second-order valence-corrected chi connectivity index (χ2v) is 4.51. The van der Waals surface area contributed by atoms with Crippen molar-refractivity contribution in [1.82, 2.24) is 5.32 Å². The molecule has 0 radical (unpaired) electrons. The minimum absolute atomic E-state index is 0. The van der Waals surface area contributed by atoms with Crippen molar-refractivity contribution in [3.63, 3.8) is 0 Å². The van der Waals surface area contributed by atoms with Gasteiger partial charge >= 0.3 is 0 Å². The lowest BCUT2D eigenvalue weighted by Gasteiger charge is -2.23. The zero-order valence-corrected chi connectivity index (χ0v) is 14.2. The van der Waals surface area contributed by atoms with Gasteiger partial charge in [-0.2, -0.15) is 0 Å². The monoisotopic (exact) mass is 335 g/mol. The maximum absolute atomic E-state index is 11.4. The maximum Gasteiger partial charge on any atom is 0.220 e. The quantitative estimate of drug-likeness (QED) is 0.682. The third-order valence-corrected chi connectivity index (χ3v) is 3.04. The highest BCUT2D eigenvalue weighted by Crippen LogP contribution is 2.12. The number of hydrogen-bond donors (Lipinski definition) is 2. The predicted molar refractivity (Wildman–Crippen MR) is 94.7 cm³/mol. The van der Waals surface area contributed by atoms with Crippen LogP contribution in [-0.2, 0) is 4.79 Å². The average molecular weight is 336 g/mol. The highest BCUT2D eigenvalue weighted by atomic mass is 35.5. The van der Waals surface area contributed by atoms with Gasteiger partial charge in [0.15, 0.2) is 0 Å². The Morgan fingerprint density at radius 1 is 1.19 bits per heavy atom. The lowest BCUT2D eigenvalue weighted by atomic mass is 10.2. The van der Waals surface area contributed by atoms with Crippen molar-refractivity contribution in [2.75, 3.05) is 31.1 Å². The highest BCUT2D eigenvalue weighted by Gasteiger charge is 2.04. The summed E-state index contributed by atoms with van der Waals surface area (Å²) in [5, 5.41) is 2.93.